The van der Waals surface area contributed by atoms with E-state index < -0.39 is 5.56 Å². The van der Waals surface area contributed by atoms with Crippen LogP contribution in [-0.4, -0.2) is 17.1 Å². The highest BCUT2D eigenvalue weighted by Crippen LogP contribution is 2.37. The molecule has 0 aliphatic rings. The summed E-state index contributed by atoms with van der Waals surface area (Å²) in [6.07, 6.45) is 0. The molecule has 0 spiro atoms. The Kier molecular flexibility index (Phi) is 2.10. The number of aromatic amines is 1. The maximum absolute atomic E-state index is 11.1. The molecule has 0 saturated heterocycles. The number of anilines is 1. The summed E-state index contributed by atoms with van der Waals surface area (Å²) in [6, 6.07) is 3.09. The summed E-state index contributed by atoms with van der Waals surface area (Å²) in [6.45, 7) is 0. The number of fused-ring (bicyclic) bond motifs is 1. The van der Waals surface area contributed by atoms with Crippen molar-refractivity contribution < 1.29 is 5.11 Å². The Balaban J connectivity index is 2.97. The van der Waals surface area contributed by atoms with Crippen molar-refractivity contribution in [2.75, 3.05) is 12.4 Å². The number of nitrogens with zero attached hydrogens (tertiary/aromatic N) is 1. The van der Waals surface area contributed by atoms with Crippen molar-refractivity contribution in [2.24, 2.45) is 0 Å². The van der Waals surface area contributed by atoms with Gasteiger partial charge >= 0.3 is 0 Å². The Morgan fingerprint density at radius 3 is 3.00 bits per heavy atom. The zero-order valence-electron chi connectivity index (χ0n) is 7.79. The second kappa shape index (κ2) is 3.29. The highest BCUT2D eigenvalue weighted by molar-refractivity contribution is 7.23. The van der Waals surface area contributed by atoms with Gasteiger partial charge in [-0.1, -0.05) is 0 Å². The van der Waals surface area contributed by atoms with Gasteiger partial charge in [0.1, 0.15) is 22.4 Å². The highest BCUT2D eigenvalue weighted by atomic mass is 32.1. The van der Waals surface area contributed by atoms with E-state index in [2.05, 4.69) is 10.3 Å². The molecule has 2 aromatic heterocycles. The van der Waals surface area contributed by atoms with Crippen LogP contribution in [0.4, 0.5) is 5.00 Å². The van der Waals surface area contributed by atoms with Crippen molar-refractivity contribution >= 4 is 26.6 Å². The lowest BCUT2D eigenvalue weighted by Gasteiger charge is -1.93. The number of nitrogens with one attached hydrogen (secondary N) is 2. The summed E-state index contributed by atoms with van der Waals surface area (Å²) >= 11 is 1.23. The number of aromatic hydroxyl groups is 1. The molecule has 0 aliphatic heterocycles. The van der Waals surface area contributed by atoms with Gasteiger partial charge < -0.3 is 15.4 Å². The summed E-state index contributed by atoms with van der Waals surface area (Å²) < 4.78 is 0.510. The van der Waals surface area contributed by atoms with Gasteiger partial charge in [0.2, 0.25) is 0 Å². The Morgan fingerprint density at radius 1 is 1.67 bits per heavy atom. The van der Waals surface area contributed by atoms with Crippen LogP contribution in [0.5, 0.6) is 5.75 Å². The van der Waals surface area contributed by atoms with Crippen LogP contribution in [0.15, 0.2) is 10.9 Å². The Morgan fingerprint density at radius 2 is 2.40 bits per heavy atom. The fourth-order valence-corrected chi connectivity index (χ4v) is 2.34. The number of aromatic nitrogens is 1. The van der Waals surface area contributed by atoms with E-state index in [9.17, 15) is 9.90 Å². The SMILES string of the molecule is CNc1sc2c(O)cc(=O)[nH]c2c1C#N. The van der Waals surface area contributed by atoms with Gasteiger partial charge in [0, 0.05) is 13.1 Å². The first-order valence-corrected chi connectivity index (χ1v) is 4.95. The maximum atomic E-state index is 11.1. The van der Waals surface area contributed by atoms with E-state index in [4.69, 9.17) is 5.26 Å². The molecule has 0 saturated carbocycles. The second-order valence-electron chi connectivity index (χ2n) is 2.89. The quantitative estimate of drug-likeness (QED) is 0.675. The molecule has 0 fully saturated rings. The van der Waals surface area contributed by atoms with E-state index in [0.717, 1.165) is 6.07 Å². The fourth-order valence-electron chi connectivity index (χ4n) is 1.36. The first kappa shape index (κ1) is 9.55. The predicted octanol–water partition coefficient (Wildman–Crippen LogP) is 1.21. The standard InChI is InChI=1S/C9H7N3O2S/c1-11-9-4(3-10)7-8(15-9)5(13)2-6(14)12-7/h2,11H,1H3,(H2,12,13,14). The summed E-state index contributed by atoms with van der Waals surface area (Å²) in [4.78, 5) is 13.7. The van der Waals surface area contributed by atoms with Crippen LogP contribution in [0.25, 0.3) is 10.2 Å². The van der Waals surface area contributed by atoms with Gasteiger partial charge in [0.25, 0.3) is 5.56 Å². The van der Waals surface area contributed by atoms with Crippen LogP contribution in [0, 0.1) is 11.3 Å². The van der Waals surface area contributed by atoms with E-state index in [-0.39, 0.29) is 5.75 Å². The largest absolute Gasteiger partial charge is 0.506 e. The first-order chi connectivity index (χ1) is 7.17. The molecule has 5 nitrogen and oxygen atoms in total. The molecule has 0 radical (unpaired) electrons. The maximum Gasteiger partial charge on any atom is 0.252 e. The highest BCUT2D eigenvalue weighted by Gasteiger charge is 2.14. The number of hydrogen-bond acceptors (Lipinski definition) is 5. The lowest BCUT2D eigenvalue weighted by Crippen LogP contribution is -2.02. The van der Waals surface area contributed by atoms with Gasteiger partial charge in [0.15, 0.2) is 0 Å². The van der Waals surface area contributed by atoms with Crippen LogP contribution in [0.3, 0.4) is 0 Å². The molecule has 0 aromatic carbocycles. The van der Waals surface area contributed by atoms with E-state index in [1.165, 1.54) is 11.3 Å². The molecule has 0 unspecified atom stereocenters. The summed E-state index contributed by atoms with van der Waals surface area (Å²) in [5.41, 5.74) is 0.319. The average Bonchev–Trinajstić information content (AvgIpc) is 2.55. The second-order valence-corrected chi connectivity index (χ2v) is 3.91. The molecule has 0 aliphatic carbocycles. The number of H-pyrrole nitrogens is 1. The Bertz CT molecular complexity index is 621. The zero-order valence-corrected chi connectivity index (χ0v) is 8.60. The Labute approximate surface area is 88.6 Å². The van der Waals surface area contributed by atoms with Gasteiger partial charge in [-0.25, -0.2) is 0 Å². The monoisotopic (exact) mass is 221 g/mol. The van der Waals surface area contributed by atoms with Gasteiger partial charge in [-0.05, 0) is 0 Å². The van der Waals surface area contributed by atoms with Crippen LogP contribution in [0.2, 0.25) is 0 Å². The topological polar surface area (TPSA) is 88.9 Å². The third kappa shape index (κ3) is 1.33. The van der Waals surface area contributed by atoms with Crippen molar-refractivity contribution in [2.45, 2.75) is 0 Å². The molecule has 6 heteroatoms. The number of rotatable bonds is 1. The third-order valence-corrected chi connectivity index (χ3v) is 3.23. The fraction of sp³-hybridized carbons (Fsp3) is 0.111. The normalized spacial score (nSPS) is 10.1. The van der Waals surface area contributed by atoms with Gasteiger partial charge in [0.05, 0.1) is 10.2 Å². The minimum Gasteiger partial charge on any atom is -0.506 e. The minimum absolute atomic E-state index is 0.100. The summed E-state index contributed by atoms with van der Waals surface area (Å²) in [5, 5.41) is 21.9. The first-order valence-electron chi connectivity index (χ1n) is 4.14. The molecule has 15 heavy (non-hydrogen) atoms. The smallest absolute Gasteiger partial charge is 0.252 e. The van der Waals surface area contributed by atoms with E-state index in [1.54, 1.807) is 7.05 Å². The zero-order chi connectivity index (χ0) is 11.0. The molecule has 0 atom stereocenters. The average molecular weight is 221 g/mol. The van der Waals surface area contributed by atoms with Crippen LogP contribution in [-0.2, 0) is 0 Å². The van der Waals surface area contributed by atoms with Crippen LogP contribution >= 0.6 is 11.3 Å². The van der Waals surface area contributed by atoms with Crippen molar-refractivity contribution in [1.82, 2.24) is 4.98 Å². The molecular formula is C9H7N3O2S. The van der Waals surface area contributed by atoms with Gasteiger partial charge in [-0.3, -0.25) is 4.79 Å². The molecule has 3 N–H and O–H groups in total. The van der Waals surface area contributed by atoms with E-state index >= 15 is 0 Å². The molecule has 2 rings (SSSR count). The molecule has 0 amide bonds. The van der Waals surface area contributed by atoms with E-state index in [1.807, 2.05) is 6.07 Å². The summed E-state index contributed by atoms with van der Waals surface area (Å²) in [5.74, 6) is -0.100. The lowest BCUT2D eigenvalue weighted by atomic mass is 10.2. The number of nitriles is 1. The van der Waals surface area contributed by atoms with E-state index in [0.29, 0.717) is 20.8 Å². The van der Waals surface area contributed by atoms with Crippen molar-refractivity contribution in [3.63, 3.8) is 0 Å². The molecule has 2 aromatic rings. The third-order valence-electron chi connectivity index (χ3n) is 2.00. The van der Waals surface area contributed by atoms with Crippen LogP contribution < -0.4 is 10.9 Å². The van der Waals surface area contributed by atoms with Crippen molar-refractivity contribution in [3.05, 3.63) is 22.0 Å². The Hall–Kier alpha value is -2.00. The van der Waals surface area contributed by atoms with Crippen molar-refractivity contribution in [1.29, 1.82) is 5.26 Å². The number of thiophene rings is 1. The summed E-state index contributed by atoms with van der Waals surface area (Å²) in [7, 11) is 1.68. The van der Waals surface area contributed by atoms with Gasteiger partial charge in [-0.2, -0.15) is 5.26 Å². The predicted molar refractivity (Wildman–Crippen MR) is 58.4 cm³/mol. The molecule has 0 bridgehead atoms. The minimum atomic E-state index is -0.419. The molecule has 2 heterocycles. The number of hydrogen-bond donors (Lipinski definition) is 3. The van der Waals surface area contributed by atoms with Crippen molar-refractivity contribution in [3.8, 4) is 11.8 Å². The lowest BCUT2D eigenvalue weighted by molar-refractivity contribution is 0.481. The molecule has 76 valence electrons. The van der Waals surface area contributed by atoms with Gasteiger partial charge in [-0.15, -0.1) is 11.3 Å². The number of pyridine rings is 1. The molecular weight excluding hydrogens is 214 g/mol. The van der Waals surface area contributed by atoms with Crippen LogP contribution in [0.1, 0.15) is 5.56 Å².